The van der Waals surface area contributed by atoms with Crippen molar-refractivity contribution in [1.29, 1.82) is 0 Å². The molecule has 0 amide bonds. The van der Waals surface area contributed by atoms with Crippen molar-refractivity contribution in [2.24, 2.45) is 5.73 Å². The topological polar surface area (TPSA) is 65.2 Å². The Morgan fingerprint density at radius 1 is 1.35 bits per heavy atom. The van der Waals surface area contributed by atoms with Gasteiger partial charge in [-0.2, -0.15) is 0 Å². The molecule has 0 radical (unpaired) electrons. The first-order chi connectivity index (χ1) is 9.18. The SMILES string of the molecule is Cl.NC(=S)C(C(=O)OC1CCCCC1)c1ccccn1. The number of esters is 1. The number of carbonyl (C=O) groups is 1. The standard InChI is InChI=1S/C14H18N2O2S.ClH/c15-13(19)12(11-8-4-5-9-16-11)14(17)18-10-6-2-1-3-7-10;/h4-5,8-10,12H,1-3,6-7H2,(H2,15,19);1H. The van der Waals surface area contributed by atoms with Crippen molar-refractivity contribution in [2.75, 3.05) is 0 Å². The molecule has 110 valence electrons. The van der Waals surface area contributed by atoms with Gasteiger partial charge in [0.05, 0.1) is 10.7 Å². The zero-order chi connectivity index (χ0) is 13.7. The van der Waals surface area contributed by atoms with Crippen molar-refractivity contribution in [3.8, 4) is 0 Å². The molecule has 0 saturated heterocycles. The van der Waals surface area contributed by atoms with E-state index in [1.807, 2.05) is 6.07 Å². The van der Waals surface area contributed by atoms with Gasteiger partial charge in [-0.25, -0.2) is 0 Å². The maximum atomic E-state index is 12.2. The second kappa shape index (κ2) is 8.17. The number of aromatic nitrogens is 1. The molecule has 1 unspecified atom stereocenters. The molecule has 2 N–H and O–H groups in total. The molecule has 1 atom stereocenters. The van der Waals surface area contributed by atoms with Crippen molar-refractivity contribution < 1.29 is 9.53 Å². The van der Waals surface area contributed by atoms with E-state index >= 15 is 0 Å². The van der Waals surface area contributed by atoms with Crippen molar-refractivity contribution in [1.82, 2.24) is 4.98 Å². The van der Waals surface area contributed by atoms with Crippen LogP contribution in [0.25, 0.3) is 0 Å². The first-order valence-corrected chi connectivity index (χ1v) is 7.00. The minimum Gasteiger partial charge on any atom is -0.462 e. The van der Waals surface area contributed by atoms with E-state index in [4.69, 9.17) is 22.7 Å². The lowest BCUT2D eigenvalue weighted by Gasteiger charge is -2.24. The summed E-state index contributed by atoms with van der Waals surface area (Å²) in [4.78, 5) is 16.5. The van der Waals surface area contributed by atoms with E-state index in [1.165, 1.54) is 6.42 Å². The number of halogens is 1. The second-order valence-electron chi connectivity index (χ2n) is 4.79. The lowest BCUT2D eigenvalue weighted by atomic mass is 9.97. The summed E-state index contributed by atoms with van der Waals surface area (Å²) in [6.07, 6.45) is 6.91. The minimum absolute atomic E-state index is 0. The third-order valence-electron chi connectivity index (χ3n) is 3.34. The number of nitrogens with zero attached hydrogens (tertiary/aromatic N) is 1. The number of pyridine rings is 1. The zero-order valence-electron chi connectivity index (χ0n) is 11.2. The van der Waals surface area contributed by atoms with Crippen LogP contribution in [0.15, 0.2) is 24.4 Å². The molecule has 1 saturated carbocycles. The van der Waals surface area contributed by atoms with Gasteiger partial charge in [0.2, 0.25) is 0 Å². The minimum atomic E-state index is -0.738. The Balaban J connectivity index is 0.00000200. The molecular weight excluding hydrogens is 296 g/mol. The summed E-state index contributed by atoms with van der Waals surface area (Å²) in [6.45, 7) is 0. The second-order valence-corrected chi connectivity index (χ2v) is 5.26. The Hall–Kier alpha value is -1.20. The zero-order valence-corrected chi connectivity index (χ0v) is 12.8. The number of hydrogen-bond acceptors (Lipinski definition) is 4. The fourth-order valence-electron chi connectivity index (χ4n) is 2.34. The number of nitrogens with two attached hydrogens (primary N) is 1. The molecule has 0 aliphatic heterocycles. The van der Waals surface area contributed by atoms with Crippen LogP contribution in [-0.2, 0) is 9.53 Å². The Morgan fingerprint density at radius 2 is 2.05 bits per heavy atom. The van der Waals surface area contributed by atoms with Crippen LogP contribution in [-0.4, -0.2) is 22.0 Å². The number of hydrogen-bond donors (Lipinski definition) is 1. The summed E-state index contributed by atoms with van der Waals surface area (Å²) in [5, 5.41) is 0. The molecule has 4 nitrogen and oxygen atoms in total. The number of carbonyl (C=O) groups excluding carboxylic acids is 1. The Morgan fingerprint density at radius 3 is 2.60 bits per heavy atom. The molecule has 0 bridgehead atoms. The van der Waals surface area contributed by atoms with E-state index in [-0.39, 0.29) is 29.5 Å². The summed E-state index contributed by atoms with van der Waals surface area (Å²) in [7, 11) is 0. The maximum Gasteiger partial charge on any atom is 0.322 e. The van der Waals surface area contributed by atoms with Crippen LogP contribution >= 0.6 is 24.6 Å². The monoisotopic (exact) mass is 314 g/mol. The molecule has 20 heavy (non-hydrogen) atoms. The lowest BCUT2D eigenvalue weighted by molar-refractivity contribution is -0.150. The van der Waals surface area contributed by atoms with Crippen molar-refractivity contribution >= 4 is 35.6 Å². The Labute approximate surface area is 130 Å². The summed E-state index contributed by atoms with van der Waals surface area (Å²) in [6, 6.07) is 5.33. The predicted molar refractivity (Wildman–Crippen MR) is 84.0 cm³/mol. The molecule has 6 heteroatoms. The highest BCUT2D eigenvalue weighted by Crippen LogP contribution is 2.23. The molecule has 1 aromatic heterocycles. The summed E-state index contributed by atoms with van der Waals surface area (Å²) in [5.41, 5.74) is 6.22. The number of thiocarbonyl (C=S) groups is 1. The lowest BCUT2D eigenvalue weighted by Crippen LogP contribution is -2.32. The molecule has 0 spiro atoms. The fourth-order valence-corrected chi connectivity index (χ4v) is 2.56. The van der Waals surface area contributed by atoms with Gasteiger partial charge in [0.25, 0.3) is 0 Å². The van der Waals surface area contributed by atoms with E-state index < -0.39 is 5.92 Å². The average Bonchev–Trinajstić information content (AvgIpc) is 2.40. The summed E-state index contributed by atoms with van der Waals surface area (Å²) < 4.78 is 5.52. The molecular formula is C14H19ClN2O2S. The van der Waals surface area contributed by atoms with Crippen molar-refractivity contribution in [3.05, 3.63) is 30.1 Å². The van der Waals surface area contributed by atoms with E-state index in [9.17, 15) is 4.79 Å². The van der Waals surface area contributed by atoms with Crippen molar-refractivity contribution in [2.45, 2.75) is 44.1 Å². The normalized spacial score (nSPS) is 16.8. The van der Waals surface area contributed by atoms with Crippen LogP contribution in [0, 0.1) is 0 Å². The van der Waals surface area contributed by atoms with E-state index in [0.29, 0.717) is 5.69 Å². The number of rotatable bonds is 4. The highest BCUT2D eigenvalue weighted by molar-refractivity contribution is 7.80. The highest BCUT2D eigenvalue weighted by atomic mass is 35.5. The van der Waals surface area contributed by atoms with Crippen LogP contribution < -0.4 is 5.73 Å². The van der Waals surface area contributed by atoms with Gasteiger partial charge in [-0.15, -0.1) is 12.4 Å². The summed E-state index contributed by atoms with van der Waals surface area (Å²) in [5.74, 6) is -1.11. The van der Waals surface area contributed by atoms with E-state index in [0.717, 1.165) is 25.7 Å². The van der Waals surface area contributed by atoms with Crippen LogP contribution in [0.2, 0.25) is 0 Å². The fraction of sp³-hybridized carbons (Fsp3) is 0.500. The third kappa shape index (κ3) is 4.42. The van der Waals surface area contributed by atoms with E-state index in [2.05, 4.69) is 4.98 Å². The third-order valence-corrected chi connectivity index (χ3v) is 3.57. The van der Waals surface area contributed by atoms with Gasteiger partial charge < -0.3 is 10.5 Å². The smallest absolute Gasteiger partial charge is 0.322 e. The largest absolute Gasteiger partial charge is 0.462 e. The molecule has 1 heterocycles. The van der Waals surface area contributed by atoms with Crippen LogP contribution in [0.3, 0.4) is 0 Å². The van der Waals surface area contributed by atoms with Crippen molar-refractivity contribution in [3.63, 3.8) is 0 Å². The van der Waals surface area contributed by atoms with Crippen LogP contribution in [0.4, 0.5) is 0 Å². The van der Waals surface area contributed by atoms with Gasteiger partial charge in [-0.1, -0.05) is 24.7 Å². The average molecular weight is 315 g/mol. The van der Waals surface area contributed by atoms with Gasteiger partial charge >= 0.3 is 5.97 Å². The summed E-state index contributed by atoms with van der Waals surface area (Å²) >= 11 is 4.98. The highest BCUT2D eigenvalue weighted by Gasteiger charge is 2.29. The maximum absolute atomic E-state index is 12.2. The molecule has 0 aromatic carbocycles. The number of ether oxygens (including phenoxy) is 1. The predicted octanol–water partition coefficient (Wildman–Crippen LogP) is 2.75. The molecule has 2 rings (SSSR count). The molecule has 1 fully saturated rings. The quantitative estimate of drug-likeness (QED) is 0.684. The van der Waals surface area contributed by atoms with E-state index in [1.54, 1.807) is 18.3 Å². The molecule has 1 aliphatic carbocycles. The molecule has 1 aromatic rings. The first-order valence-electron chi connectivity index (χ1n) is 6.59. The van der Waals surface area contributed by atoms with Gasteiger partial charge in [-0.3, -0.25) is 9.78 Å². The van der Waals surface area contributed by atoms with Gasteiger partial charge in [0.15, 0.2) is 0 Å². The van der Waals surface area contributed by atoms with Crippen LogP contribution in [0.1, 0.15) is 43.7 Å². The van der Waals surface area contributed by atoms with Gasteiger partial charge in [0.1, 0.15) is 12.0 Å². The van der Waals surface area contributed by atoms with Gasteiger partial charge in [0, 0.05) is 6.20 Å². The molecule has 1 aliphatic rings. The Kier molecular flexibility index (Phi) is 6.88. The van der Waals surface area contributed by atoms with Gasteiger partial charge in [-0.05, 0) is 37.8 Å². The first kappa shape index (κ1) is 16.9. The van der Waals surface area contributed by atoms with Crippen LogP contribution in [0.5, 0.6) is 0 Å². The Bertz CT molecular complexity index is 450.